The van der Waals surface area contributed by atoms with Crippen molar-refractivity contribution in [1.29, 1.82) is 0 Å². The van der Waals surface area contributed by atoms with Crippen molar-refractivity contribution in [2.75, 3.05) is 37.7 Å². The quantitative estimate of drug-likeness (QED) is 0.761. The second kappa shape index (κ2) is 8.24. The Morgan fingerprint density at radius 1 is 1.32 bits per heavy atom. The Morgan fingerprint density at radius 3 is 2.80 bits per heavy atom. The number of anilines is 1. The molecule has 3 heterocycles. The Kier molecular flexibility index (Phi) is 5.80. The first-order valence-corrected chi connectivity index (χ1v) is 9.34. The highest BCUT2D eigenvalue weighted by Crippen LogP contribution is 2.30. The van der Waals surface area contributed by atoms with Crippen molar-refractivity contribution < 1.29 is 13.9 Å². The maximum absolute atomic E-state index is 13.6. The predicted molar refractivity (Wildman–Crippen MR) is 95.3 cm³/mol. The molecule has 6 nitrogen and oxygen atoms in total. The summed E-state index contributed by atoms with van der Waals surface area (Å²) in [6.07, 6.45) is 2.83. The highest BCUT2D eigenvalue weighted by Gasteiger charge is 2.25. The summed E-state index contributed by atoms with van der Waals surface area (Å²) in [5.41, 5.74) is 3.11. The Labute approximate surface area is 150 Å². The Hall–Kier alpha value is -2.22. The highest BCUT2D eigenvalue weighted by atomic mass is 32.1. The van der Waals surface area contributed by atoms with Gasteiger partial charge in [0.2, 0.25) is 0 Å². The van der Waals surface area contributed by atoms with Crippen LogP contribution in [0.5, 0.6) is 0 Å². The lowest BCUT2D eigenvalue weighted by Crippen LogP contribution is -2.49. The van der Waals surface area contributed by atoms with Gasteiger partial charge >= 0.3 is 6.09 Å². The van der Waals surface area contributed by atoms with E-state index in [9.17, 15) is 9.18 Å². The molecule has 1 aliphatic rings. The fraction of sp³-hybridized carbons (Fsp3) is 0.471. The molecule has 1 amide bonds. The molecule has 0 spiro atoms. The van der Waals surface area contributed by atoms with Crippen LogP contribution in [0.25, 0.3) is 11.3 Å². The molecule has 1 saturated heterocycles. The van der Waals surface area contributed by atoms with Crippen LogP contribution >= 0.6 is 11.3 Å². The van der Waals surface area contributed by atoms with Crippen molar-refractivity contribution >= 4 is 23.2 Å². The van der Waals surface area contributed by atoms with Crippen LogP contribution in [0.3, 0.4) is 0 Å². The number of aromatic nitrogens is 2. The van der Waals surface area contributed by atoms with E-state index in [1.165, 1.54) is 23.6 Å². The minimum atomic E-state index is -0.384. The molecule has 25 heavy (non-hydrogen) atoms. The average Bonchev–Trinajstić information content (AvgIpc) is 3.16. The van der Waals surface area contributed by atoms with Crippen molar-refractivity contribution in [2.24, 2.45) is 0 Å². The summed E-state index contributed by atoms with van der Waals surface area (Å²) in [4.78, 5) is 24.3. The largest absolute Gasteiger partial charge is 0.449 e. The Morgan fingerprint density at radius 2 is 2.12 bits per heavy atom. The van der Waals surface area contributed by atoms with Gasteiger partial charge in [0.05, 0.1) is 24.0 Å². The number of amides is 1. The maximum atomic E-state index is 13.6. The number of hydrogen-bond donors (Lipinski definition) is 0. The number of pyridine rings is 1. The lowest BCUT2D eigenvalue weighted by molar-refractivity contribution is 0.0989. The monoisotopic (exact) mass is 364 g/mol. The average molecular weight is 364 g/mol. The molecule has 2 aromatic heterocycles. The third-order valence-electron chi connectivity index (χ3n) is 4.10. The number of ether oxygens (including phenoxy) is 1. The standard InChI is InChI=1S/C17H21FN4O2S/c1-2-3-8-24-17(23)22-6-4-21(5-7-22)16-14(9-13(18)10-19-16)15-11-25-12-20-15/h9-12H,2-8H2,1H3. The van der Waals surface area contributed by atoms with Crippen LogP contribution in [0.15, 0.2) is 23.2 Å². The number of nitrogens with zero attached hydrogens (tertiary/aromatic N) is 4. The molecule has 0 N–H and O–H groups in total. The smallest absolute Gasteiger partial charge is 0.409 e. The van der Waals surface area contributed by atoms with Crippen molar-refractivity contribution in [3.05, 3.63) is 29.0 Å². The molecule has 0 bridgehead atoms. The van der Waals surface area contributed by atoms with E-state index in [0.717, 1.165) is 12.8 Å². The van der Waals surface area contributed by atoms with Gasteiger partial charge in [0, 0.05) is 37.1 Å². The minimum absolute atomic E-state index is 0.264. The molecule has 3 rings (SSSR count). The van der Waals surface area contributed by atoms with Gasteiger partial charge in [0.15, 0.2) is 0 Å². The number of carbonyl (C=O) groups is 1. The van der Waals surface area contributed by atoms with E-state index < -0.39 is 0 Å². The van der Waals surface area contributed by atoms with Crippen molar-refractivity contribution in [3.8, 4) is 11.3 Å². The van der Waals surface area contributed by atoms with Gasteiger partial charge in [0.25, 0.3) is 0 Å². The first-order chi connectivity index (χ1) is 12.2. The lowest BCUT2D eigenvalue weighted by Gasteiger charge is -2.35. The zero-order chi connectivity index (χ0) is 17.6. The zero-order valence-corrected chi connectivity index (χ0v) is 15.0. The molecular weight excluding hydrogens is 343 g/mol. The molecule has 0 radical (unpaired) electrons. The van der Waals surface area contributed by atoms with Gasteiger partial charge in [-0.2, -0.15) is 0 Å². The molecular formula is C17H21FN4O2S. The summed E-state index contributed by atoms with van der Waals surface area (Å²) in [5.74, 6) is 0.316. The SMILES string of the molecule is CCCCOC(=O)N1CCN(c2ncc(F)cc2-c2cscn2)CC1. The topological polar surface area (TPSA) is 58.6 Å². The van der Waals surface area contributed by atoms with Crippen molar-refractivity contribution in [3.63, 3.8) is 0 Å². The van der Waals surface area contributed by atoms with Gasteiger partial charge in [0.1, 0.15) is 11.6 Å². The van der Waals surface area contributed by atoms with E-state index in [1.54, 1.807) is 10.4 Å². The van der Waals surface area contributed by atoms with Gasteiger partial charge in [-0.3, -0.25) is 0 Å². The molecule has 1 aliphatic heterocycles. The van der Waals surface area contributed by atoms with E-state index in [-0.39, 0.29) is 11.9 Å². The molecule has 2 aromatic rings. The van der Waals surface area contributed by atoms with Crippen LogP contribution < -0.4 is 4.90 Å². The van der Waals surface area contributed by atoms with Crippen LogP contribution in [0.4, 0.5) is 15.0 Å². The first kappa shape index (κ1) is 17.6. The van der Waals surface area contributed by atoms with Gasteiger partial charge < -0.3 is 14.5 Å². The van der Waals surface area contributed by atoms with Crippen LogP contribution in [0.2, 0.25) is 0 Å². The third-order valence-corrected chi connectivity index (χ3v) is 4.69. The van der Waals surface area contributed by atoms with E-state index in [4.69, 9.17) is 4.74 Å². The van der Waals surface area contributed by atoms with Gasteiger partial charge in [-0.05, 0) is 12.5 Å². The molecule has 0 aromatic carbocycles. The number of halogens is 1. The molecule has 0 saturated carbocycles. The predicted octanol–water partition coefficient (Wildman–Crippen LogP) is 3.40. The first-order valence-electron chi connectivity index (χ1n) is 8.39. The van der Waals surface area contributed by atoms with E-state index in [0.29, 0.717) is 49.9 Å². The summed E-state index contributed by atoms with van der Waals surface area (Å²) >= 11 is 1.46. The summed E-state index contributed by atoms with van der Waals surface area (Å²) in [7, 11) is 0. The van der Waals surface area contributed by atoms with E-state index in [2.05, 4.69) is 21.8 Å². The minimum Gasteiger partial charge on any atom is -0.449 e. The Bertz CT molecular complexity index is 703. The second-order valence-corrected chi connectivity index (χ2v) is 6.56. The number of thiazole rings is 1. The fourth-order valence-electron chi connectivity index (χ4n) is 2.71. The normalized spacial score (nSPS) is 14.6. The molecule has 0 aliphatic carbocycles. The second-order valence-electron chi connectivity index (χ2n) is 5.84. The molecule has 0 unspecified atom stereocenters. The lowest BCUT2D eigenvalue weighted by atomic mass is 10.1. The van der Waals surface area contributed by atoms with Gasteiger partial charge in [-0.25, -0.2) is 19.2 Å². The van der Waals surface area contributed by atoms with Gasteiger partial charge in [-0.1, -0.05) is 13.3 Å². The summed E-state index contributed by atoms with van der Waals surface area (Å²) in [6, 6.07) is 1.46. The number of rotatable bonds is 5. The zero-order valence-electron chi connectivity index (χ0n) is 14.2. The molecule has 1 fully saturated rings. The van der Waals surface area contributed by atoms with Crippen LogP contribution in [0.1, 0.15) is 19.8 Å². The summed E-state index contributed by atoms with van der Waals surface area (Å²) in [5, 5.41) is 1.88. The van der Waals surface area contributed by atoms with Crippen molar-refractivity contribution in [1.82, 2.24) is 14.9 Å². The van der Waals surface area contributed by atoms with Crippen LogP contribution in [-0.4, -0.2) is 53.7 Å². The number of unbranched alkanes of at least 4 members (excludes halogenated alkanes) is 1. The fourth-order valence-corrected chi connectivity index (χ4v) is 3.27. The number of carbonyl (C=O) groups excluding carboxylic acids is 1. The van der Waals surface area contributed by atoms with Crippen molar-refractivity contribution in [2.45, 2.75) is 19.8 Å². The third kappa shape index (κ3) is 4.25. The number of hydrogen-bond acceptors (Lipinski definition) is 6. The summed E-state index contributed by atoms with van der Waals surface area (Å²) < 4.78 is 18.9. The number of piperazine rings is 1. The van der Waals surface area contributed by atoms with E-state index >= 15 is 0 Å². The van der Waals surface area contributed by atoms with E-state index in [1.807, 2.05) is 5.38 Å². The molecule has 8 heteroatoms. The maximum Gasteiger partial charge on any atom is 0.409 e. The molecule has 0 atom stereocenters. The van der Waals surface area contributed by atoms with Crippen LogP contribution in [0, 0.1) is 5.82 Å². The molecule has 134 valence electrons. The van der Waals surface area contributed by atoms with Crippen LogP contribution in [-0.2, 0) is 4.74 Å². The summed E-state index contributed by atoms with van der Waals surface area (Å²) in [6.45, 7) is 4.88. The van der Waals surface area contributed by atoms with Gasteiger partial charge in [-0.15, -0.1) is 11.3 Å². The Balaban J connectivity index is 1.66. The highest BCUT2D eigenvalue weighted by molar-refractivity contribution is 7.07.